The second kappa shape index (κ2) is 15.1. The molecule has 4 aromatic rings. The number of anilines is 1. The third kappa shape index (κ3) is 8.10. The summed E-state index contributed by atoms with van der Waals surface area (Å²) in [5, 5.41) is 8.86. The number of aromatic nitrogens is 4. The van der Waals surface area contributed by atoms with Gasteiger partial charge in [-0.3, -0.25) is 34.0 Å². The van der Waals surface area contributed by atoms with E-state index in [-0.39, 0.29) is 42.8 Å². The number of para-hydroxylation sites is 1. The molecule has 14 heteroatoms. The number of piperidine rings is 1. The lowest BCUT2D eigenvalue weighted by molar-refractivity contribution is -0.135. The molecule has 2 fully saturated rings. The predicted molar refractivity (Wildman–Crippen MR) is 190 cm³/mol. The number of benzene rings is 2. The monoisotopic (exact) mass is 716 g/mol. The van der Waals surface area contributed by atoms with Crippen molar-refractivity contribution in [3.8, 4) is 23.0 Å². The molecular formula is C38H42F2N6O6. The number of carbonyl (C=O) groups excluding carboxylic acids is 3. The van der Waals surface area contributed by atoms with Crippen molar-refractivity contribution in [1.29, 1.82) is 0 Å². The van der Waals surface area contributed by atoms with Gasteiger partial charge in [0.1, 0.15) is 18.2 Å². The maximum atomic E-state index is 13.7. The molecule has 1 atom stereocenters. The van der Waals surface area contributed by atoms with Crippen molar-refractivity contribution in [1.82, 2.24) is 24.2 Å². The Balaban J connectivity index is 1.04. The highest BCUT2D eigenvalue weighted by Crippen LogP contribution is 2.35. The topological polar surface area (TPSA) is 138 Å². The SMILES string of the molecule is Cn1c(=O)n(C2CCC(=O)NC2=O)c2cccc(-c3cccc(C#CCOCC4CCC(n5cc(NC(=O)OC(C)(C)C)c(C(F)F)n5)CC4)c3)c21. The minimum absolute atomic E-state index is 0.0506. The molecule has 6 rings (SSSR count). The molecular weight excluding hydrogens is 674 g/mol. The fraction of sp³-hybridized carbons (Fsp3) is 0.447. The fourth-order valence-corrected chi connectivity index (χ4v) is 6.92. The van der Waals surface area contributed by atoms with Gasteiger partial charge in [0, 0.05) is 30.8 Å². The predicted octanol–water partition coefficient (Wildman–Crippen LogP) is 6.27. The summed E-state index contributed by atoms with van der Waals surface area (Å²) in [4.78, 5) is 49.9. The molecule has 2 aromatic heterocycles. The van der Waals surface area contributed by atoms with Crippen LogP contribution in [0.3, 0.4) is 0 Å². The number of hydrogen-bond acceptors (Lipinski definition) is 7. The molecule has 3 amide bonds. The molecule has 1 aliphatic heterocycles. The number of imidazole rings is 1. The number of aryl methyl sites for hydroxylation is 1. The van der Waals surface area contributed by atoms with Crippen LogP contribution in [0.25, 0.3) is 22.2 Å². The molecule has 0 spiro atoms. The Bertz CT molecular complexity index is 2110. The summed E-state index contributed by atoms with van der Waals surface area (Å²) in [6.07, 6.45) is 1.36. The lowest BCUT2D eigenvalue weighted by atomic mass is 9.86. The minimum Gasteiger partial charge on any atom is -0.444 e. The summed E-state index contributed by atoms with van der Waals surface area (Å²) in [5.74, 6) is 5.72. The molecule has 2 aliphatic rings. The van der Waals surface area contributed by atoms with Gasteiger partial charge >= 0.3 is 11.8 Å². The van der Waals surface area contributed by atoms with E-state index in [1.807, 2.05) is 36.4 Å². The largest absolute Gasteiger partial charge is 0.444 e. The van der Waals surface area contributed by atoms with Crippen molar-refractivity contribution in [2.75, 3.05) is 18.5 Å². The summed E-state index contributed by atoms with van der Waals surface area (Å²) >= 11 is 0. The van der Waals surface area contributed by atoms with Crippen molar-refractivity contribution >= 4 is 34.6 Å². The maximum Gasteiger partial charge on any atom is 0.412 e. The molecule has 2 aromatic carbocycles. The van der Waals surface area contributed by atoms with E-state index >= 15 is 0 Å². The number of nitrogens with one attached hydrogen (secondary N) is 2. The van der Waals surface area contributed by atoms with Crippen LogP contribution in [0.2, 0.25) is 0 Å². The van der Waals surface area contributed by atoms with Crippen LogP contribution >= 0.6 is 0 Å². The molecule has 0 bridgehead atoms. The molecule has 3 heterocycles. The molecule has 0 radical (unpaired) electrons. The Morgan fingerprint density at radius 2 is 1.83 bits per heavy atom. The van der Waals surface area contributed by atoms with Gasteiger partial charge in [0.25, 0.3) is 6.43 Å². The first-order valence-electron chi connectivity index (χ1n) is 17.4. The zero-order valence-corrected chi connectivity index (χ0v) is 29.6. The average molecular weight is 717 g/mol. The van der Waals surface area contributed by atoms with E-state index in [9.17, 15) is 28.0 Å². The lowest BCUT2D eigenvalue weighted by Crippen LogP contribution is -2.44. The average Bonchev–Trinajstić information content (AvgIpc) is 3.62. The van der Waals surface area contributed by atoms with Gasteiger partial charge in [-0.2, -0.15) is 5.10 Å². The molecule has 1 saturated heterocycles. The quantitative estimate of drug-likeness (QED) is 0.125. The lowest BCUT2D eigenvalue weighted by Gasteiger charge is -2.28. The zero-order valence-electron chi connectivity index (χ0n) is 29.6. The van der Waals surface area contributed by atoms with Gasteiger partial charge < -0.3 is 9.47 Å². The molecule has 1 aliphatic carbocycles. The number of nitrogens with zero attached hydrogens (tertiary/aromatic N) is 4. The molecule has 2 N–H and O–H groups in total. The van der Waals surface area contributed by atoms with Crippen molar-refractivity contribution < 1.29 is 32.6 Å². The van der Waals surface area contributed by atoms with Crippen molar-refractivity contribution in [3.63, 3.8) is 0 Å². The molecule has 52 heavy (non-hydrogen) atoms. The van der Waals surface area contributed by atoms with E-state index in [0.717, 1.165) is 42.4 Å². The number of rotatable bonds is 8. The van der Waals surface area contributed by atoms with Crippen LogP contribution in [0.15, 0.2) is 53.5 Å². The van der Waals surface area contributed by atoms with Crippen LogP contribution in [0.5, 0.6) is 0 Å². The number of alkyl halides is 2. The number of hydrogen-bond donors (Lipinski definition) is 2. The van der Waals surface area contributed by atoms with Gasteiger partial charge in [-0.1, -0.05) is 36.1 Å². The molecule has 274 valence electrons. The maximum absolute atomic E-state index is 13.7. The Morgan fingerprint density at radius 3 is 2.54 bits per heavy atom. The highest BCUT2D eigenvalue weighted by molar-refractivity contribution is 6.01. The minimum atomic E-state index is -2.84. The first-order chi connectivity index (χ1) is 24.8. The van der Waals surface area contributed by atoms with E-state index < -0.39 is 35.8 Å². The standard InChI is InChI=1S/C38H42F2N6O6/c1-38(2,3)52-36(49)41-28-21-45(43-32(28)34(39)40)26-15-13-24(14-16-26)22-51-19-7-9-23-8-5-10-25(20-23)27-11-6-12-29-33(27)44(4)37(50)46(29)30-17-18-31(47)42-35(30)48/h5-6,8,10-12,20-21,24,26,30,34H,13-19,22H2,1-4H3,(H,41,49)(H,42,47,48). The number of imide groups is 1. The van der Waals surface area contributed by atoms with Crippen LogP contribution in [0.1, 0.15) is 89.1 Å². The van der Waals surface area contributed by atoms with Crippen LogP contribution in [-0.2, 0) is 26.1 Å². The Labute approximate surface area is 299 Å². The number of amides is 3. The number of ether oxygens (including phenoxy) is 2. The molecule has 12 nitrogen and oxygen atoms in total. The van der Waals surface area contributed by atoms with Crippen LogP contribution in [0, 0.1) is 17.8 Å². The summed E-state index contributed by atoms with van der Waals surface area (Å²) in [6.45, 7) is 5.85. The summed E-state index contributed by atoms with van der Waals surface area (Å²) in [6, 6.07) is 12.4. The third-order valence-corrected chi connectivity index (χ3v) is 9.35. The smallest absolute Gasteiger partial charge is 0.412 e. The molecule has 1 saturated carbocycles. The number of carbonyl (C=O) groups is 3. The fourth-order valence-electron chi connectivity index (χ4n) is 6.92. The van der Waals surface area contributed by atoms with Crippen LogP contribution in [-0.4, -0.2) is 55.6 Å². The van der Waals surface area contributed by atoms with Crippen LogP contribution < -0.4 is 16.3 Å². The van der Waals surface area contributed by atoms with E-state index in [4.69, 9.17) is 9.47 Å². The summed E-state index contributed by atoms with van der Waals surface area (Å²) in [5.41, 5.74) is 2.11. The van der Waals surface area contributed by atoms with Gasteiger partial charge in [-0.25, -0.2) is 18.4 Å². The third-order valence-electron chi connectivity index (χ3n) is 9.35. The Morgan fingerprint density at radius 1 is 1.08 bits per heavy atom. The highest BCUT2D eigenvalue weighted by atomic mass is 19.3. The van der Waals surface area contributed by atoms with Gasteiger partial charge in [0.15, 0.2) is 5.69 Å². The first kappa shape index (κ1) is 36.5. The zero-order chi connectivity index (χ0) is 37.2. The van der Waals surface area contributed by atoms with Gasteiger partial charge in [0.05, 0.1) is 29.4 Å². The molecule has 1 unspecified atom stereocenters. The normalized spacial score (nSPS) is 19.3. The van der Waals surface area contributed by atoms with E-state index in [0.29, 0.717) is 23.6 Å². The second-order valence-electron chi connectivity index (χ2n) is 14.3. The van der Waals surface area contributed by atoms with Gasteiger partial charge in [0.2, 0.25) is 11.8 Å². The van der Waals surface area contributed by atoms with Crippen molar-refractivity contribution in [2.45, 2.75) is 83.4 Å². The Kier molecular flexibility index (Phi) is 10.6. The Hall–Kier alpha value is -5.29. The number of fused-ring (bicyclic) bond motifs is 1. The van der Waals surface area contributed by atoms with Gasteiger partial charge in [-0.15, -0.1) is 0 Å². The first-order valence-corrected chi connectivity index (χ1v) is 17.4. The van der Waals surface area contributed by atoms with E-state index in [1.165, 1.54) is 20.0 Å². The van der Waals surface area contributed by atoms with Crippen molar-refractivity contribution in [3.05, 3.63) is 70.4 Å². The highest BCUT2D eigenvalue weighted by Gasteiger charge is 2.32. The summed E-state index contributed by atoms with van der Waals surface area (Å²) in [7, 11) is 1.67. The van der Waals surface area contributed by atoms with E-state index in [2.05, 4.69) is 27.6 Å². The second-order valence-corrected chi connectivity index (χ2v) is 14.3. The van der Waals surface area contributed by atoms with E-state index in [1.54, 1.807) is 33.9 Å². The number of halogens is 2. The van der Waals surface area contributed by atoms with Crippen LogP contribution in [0.4, 0.5) is 19.3 Å². The van der Waals surface area contributed by atoms with Crippen molar-refractivity contribution in [2.24, 2.45) is 13.0 Å². The summed E-state index contributed by atoms with van der Waals surface area (Å²) < 4.78 is 43.0. The van der Waals surface area contributed by atoms with Gasteiger partial charge in [-0.05, 0) is 82.6 Å².